The molecule has 2 aromatic heterocycles. The summed E-state index contributed by atoms with van der Waals surface area (Å²) < 4.78 is 3.62. The van der Waals surface area contributed by atoms with Gasteiger partial charge in [-0.2, -0.15) is 0 Å². The van der Waals surface area contributed by atoms with Crippen LogP contribution in [-0.2, 0) is 0 Å². The van der Waals surface area contributed by atoms with Gasteiger partial charge in [0, 0.05) is 33.4 Å². The maximum Gasteiger partial charge on any atom is 0.124 e. The van der Waals surface area contributed by atoms with Gasteiger partial charge in [0.05, 0.1) is 26.9 Å². The third kappa shape index (κ3) is 5.57. The third-order valence-electron chi connectivity index (χ3n) is 10.0. The molecule has 0 radical (unpaired) electrons. The number of anilines is 3. The summed E-state index contributed by atoms with van der Waals surface area (Å²) in [5, 5.41) is 3.46. The molecule has 0 amide bonds. The van der Waals surface area contributed by atoms with Crippen molar-refractivity contribution < 1.29 is 0 Å². The number of fused-ring (bicyclic) bond motifs is 4. The molecule has 0 saturated carbocycles. The Balaban J connectivity index is 1.16. The lowest BCUT2D eigenvalue weighted by molar-refractivity contribution is 1.17. The first-order valence-electron chi connectivity index (χ1n) is 17.9. The number of para-hydroxylation sites is 3. The predicted octanol–water partition coefficient (Wildman–Crippen LogP) is 13.9. The molecule has 0 N–H and O–H groups in total. The molecule has 8 aromatic carbocycles. The number of benzene rings is 8. The fraction of sp³-hybridized carbons (Fsp3) is 0. The van der Waals surface area contributed by atoms with Crippen molar-refractivity contribution in [3.8, 4) is 38.5 Å². The van der Waals surface area contributed by atoms with E-state index in [2.05, 4.69) is 204 Å². The Kier molecular flexibility index (Phi) is 7.67. The quantitative estimate of drug-likeness (QED) is 0.165. The van der Waals surface area contributed by atoms with Crippen LogP contribution in [0.3, 0.4) is 0 Å². The van der Waals surface area contributed by atoms with E-state index in [4.69, 9.17) is 4.98 Å². The number of rotatable bonds is 7. The Bertz CT molecular complexity index is 2820. The fourth-order valence-electron chi connectivity index (χ4n) is 7.49. The molecule has 3 nitrogen and oxygen atoms in total. The highest BCUT2D eigenvalue weighted by Gasteiger charge is 2.22. The van der Waals surface area contributed by atoms with Crippen molar-refractivity contribution in [3.63, 3.8) is 0 Å². The zero-order valence-corrected chi connectivity index (χ0v) is 29.6. The van der Waals surface area contributed by atoms with Crippen LogP contribution in [0.15, 0.2) is 200 Å². The van der Waals surface area contributed by atoms with Gasteiger partial charge >= 0.3 is 0 Å². The summed E-state index contributed by atoms with van der Waals surface area (Å²) in [5.41, 5.74) is 13.7. The number of hydrogen-bond donors (Lipinski definition) is 0. The summed E-state index contributed by atoms with van der Waals surface area (Å²) in [7, 11) is 0. The van der Waals surface area contributed by atoms with Crippen molar-refractivity contribution in [3.05, 3.63) is 200 Å². The molecule has 0 atom stereocenters. The van der Waals surface area contributed by atoms with Crippen LogP contribution in [0.4, 0.5) is 17.1 Å². The smallest absolute Gasteiger partial charge is 0.124 e. The first kappa shape index (κ1) is 31.0. The Morgan fingerprint density at radius 1 is 0.415 bits per heavy atom. The summed E-state index contributed by atoms with van der Waals surface area (Å²) in [5.74, 6) is 0. The molecular weight excluding hydrogens is 663 g/mol. The summed E-state index contributed by atoms with van der Waals surface area (Å²) in [6, 6.07) is 71.7. The second-order valence-corrected chi connectivity index (χ2v) is 14.3. The van der Waals surface area contributed by atoms with E-state index in [9.17, 15) is 0 Å². The van der Waals surface area contributed by atoms with Gasteiger partial charge in [-0.1, -0.05) is 127 Å². The SMILES string of the molecule is c1ccc(-c2ccc(N(c3ccc(-c4nc5ccccc5s4)cc3)c3cccc4c5ccccc5n(-c5ccc(-c6ccccc6)cc5)c34)cc2)cc1. The number of thiazole rings is 1. The van der Waals surface area contributed by atoms with E-state index in [1.54, 1.807) is 11.3 Å². The molecule has 0 aliphatic heterocycles. The van der Waals surface area contributed by atoms with Crippen LogP contribution < -0.4 is 4.90 Å². The Morgan fingerprint density at radius 3 is 1.60 bits per heavy atom. The number of hydrogen-bond acceptors (Lipinski definition) is 3. The molecule has 53 heavy (non-hydrogen) atoms. The number of aromatic nitrogens is 2. The molecule has 10 aromatic rings. The highest BCUT2D eigenvalue weighted by atomic mass is 32.1. The topological polar surface area (TPSA) is 21.1 Å². The van der Waals surface area contributed by atoms with E-state index in [1.807, 2.05) is 6.07 Å². The maximum absolute atomic E-state index is 4.95. The van der Waals surface area contributed by atoms with Gasteiger partial charge in [0.25, 0.3) is 0 Å². The average molecular weight is 696 g/mol. The summed E-state index contributed by atoms with van der Waals surface area (Å²) in [6.07, 6.45) is 0. The van der Waals surface area contributed by atoms with Gasteiger partial charge in [-0.05, 0) is 95.1 Å². The standard InChI is InChI=1S/C49H33N3S/c1-3-12-34(13-4-1)36-22-28-39(29-23-36)51(40-32-26-38(27-33-40)49-50-44-18-8-10-21-47(44)53-49)46-20-11-17-43-42-16-7-9-19-45(42)52(48(43)46)41-30-24-37(25-31-41)35-14-5-2-6-15-35/h1-33H. The summed E-state index contributed by atoms with van der Waals surface area (Å²) in [4.78, 5) is 7.35. The molecule has 2 heterocycles. The van der Waals surface area contributed by atoms with Gasteiger partial charge in [0.2, 0.25) is 0 Å². The minimum absolute atomic E-state index is 1.03. The minimum atomic E-state index is 1.03. The predicted molar refractivity (Wildman–Crippen MR) is 225 cm³/mol. The van der Waals surface area contributed by atoms with Gasteiger partial charge in [-0.25, -0.2) is 4.98 Å². The monoisotopic (exact) mass is 695 g/mol. The van der Waals surface area contributed by atoms with Crippen LogP contribution in [0.1, 0.15) is 0 Å². The lowest BCUT2D eigenvalue weighted by atomic mass is 10.0. The highest BCUT2D eigenvalue weighted by Crippen LogP contribution is 2.44. The average Bonchev–Trinajstić information content (AvgIpc) is 3.83. The van der Waals surface area contributed by atoms with Gasteiger partial charge in [0.1, 0.15) is 5.01 Å². The van der Waals surface area contributed by atoms with E-state index in [-0.39, 0.29) is 0 Å². The van der Waals surface area contributed by atoms with E-state index >= 15 is 0 Å². The fourth-order valence-corrected chi connectivity index (χ4v) is 8.46. The van der Waals surface area contributed by atoms with Crippen molar-refractivity contribution in [2.45, 2.75) is 0 Å². The first-order valence-corrected chi connectivity index (χ1v) is 18.7. The molecule has 0 aliphatic carbocycles. The Morgan fingerprint density at radius 2 is 0.943 bits per heavy atom. The van der Waals surface area contributed by atoms with Crippen LogP contribution >= 0.6 is 11.3 Å². The molecule has 0 saturated heterocycles. The minimum Gasteiger partial charge on any atom is -0.308 e. The van der Waals surface area contributed by atoms with Gasteiger partial charge in [0.15, 0.2) is 0 Å². The largest absolute Gasteiger partial charge is 0.308 e. The van der Waals surface area contributed by atoms with Crippen molar-refractivity contribution >= 4 is 60.4 Å². The molecule has 10 rings (SSSR count). The van der Waals surface area contributed by atoms with E-state index < -0.39 is 0 Å². The number of nitrogens with zero attached hydrogens (tertiary/aromatic N) is 3. The van der Waals surface area contributed by atoms with Crippen molar-refractivity contribution in [2.24, 2.45) is 0 Å². The first-order chi connectivity index (χ1) is 26.3. The van der Waals surface area contributed by atoms with E-state index in [1.165, 1.54) is 43.2 Å². The molecule has 0 bridgehead atoms. The van der Waals surface area contributed by atoms with Crippen LogP contribution in [0.2, 0.25) is 0 Å². The summed E-state index contributed by atoms with van der Waals surface area (Å²) >= 11 is 1.73. The second-order valence-electron chi connectivity index (χ2n) is 13.2. The Labute approximate surface area is 312 Å². The maximum atomic E-state index is 4.95. The molecular formula is C49H33N3S. The highest BCUT2D eigenvalue weighted by molar-refractivity contribution is 7.21. The van der Waals surface area contributed by atoms with E-state index in [0.29, 0.717) is 0 Å². The summed E-state index contributed by atoms with van der Waals surface area (Å²) in [6.45, 7) is 0. The van der Waals surface area contributed by atoms with Crippen molar-refractivity contribution in [1.82, 2.24) is 9.55 Å². The molecule has 4 heteroatoms. The van der Waals surface area contributed by atoms with Crippen LogP contribution in [0.5, 0.6) is 0 Å². The third-order valence-corrected chi connectivity index (χ3v) is 11.1. The molecule has 0 spiro atoms. The lowest BCUT2D eigenvalue weighted by Crippen LogP contribution is -2.11. The van der Waals surface area contributed by atoms with Crippen molar-refractivity contribution in [2.75, 3.05) is 4.90 Å². The molecule has 250 valence electrons. The molecule has 0 unspecified atom stereocenters. The normalized spacial score (nSPS) is 11.4. The van der Waals surface area contributed by atoms with Gasteiger partial charge < -0.3 is 9.47 Å². The zero-order chi connectivity index (χ0) is 35.1. The lowest BCUT2D eigenvalue weighted by Gasteiger charge is -2.27. The van der Waals surface area contributed by atoms with Crippen LogP contribution in [0.25, 0.3) is 70.5 Å². The van der Waals surface area contributed by atoms with Crippen molar-refractivity contribution in [1.29, 1.82) is 0 Å². The van der Waals surface area contributed by atoms with Crippen LogP contribution in [0, 0.1) is 0 Å². The second kappa shape index (κ2) is 13.1. The Hall–Kier alpha value is -6.75. The molecule has 0 aliphatic rings. The molecule has 0 fully saturated rings. The van der Waals surface area contributed by atoms with Gasteiger partial charge in [-0.3, -0.25) is 0 Å². The van der Waals surface area contributed by atoms with E-state index in [0.717, 1.165) is 44.4 Å². The zero-order valence-electron chi connectivity index (χ0n) is 28.8. The van der Waals surface area contributed by atoms with Crippen LogP contribution in [-0.4, -0.2) is 9.55 Å². The van der Waals surface area contributed by atoms with Gasteiger partial charge in [-0.15, -0.1) is 11.3 Å².